The molecule has 2 aliphatic heterocycles. The second-order valence-corrected chi connectivity index (χ2v) is 7.51. The van der Waals surface area contributed by atoms with Gasteiger partial charge in [0.1, 0.15) is 11.9 Å². The third kappa shape index (κ3) is 3.66. The summed E-state index contributed by atoms with van der Waals surface area (Å²) in [5.74, 6) is 1.70. The Morgan fingerprint density at radius 3 is 2.63 bits per heavy atom. The highest BCUT2D eigenvalue weighted by molar-refractivity contribution is 5.94. The fraction of sp³-hybridized carbons (Fsp3) is 0.364. The molecule has 8 nitrogen and oxygen atoms in total. The van der Waals surface area contributed by atoms with Crippen molar-refractivity contribution in [1.82, 2.24) is 20.0 Å². The highest BCUT2D eigenvalue weighted by atomic mass is 16.5. The lowest BCUT2D eigenvalue weighted by Crippen LogP contribution is -2.43. The highest BCUT2D eigenvalue weighted by Crippen LogP contribution is 2.27. The standard InChI is InChI=1S/C22H23N5O3/c28-22(17-8-9-19(23-14-17)26-10-4-5-11-26)27-12-13-29-15-18(27)20-24-21(30-25-20)16-6-2-1-3-7-16/h1-3,6-9,14,18H,4-5,10-13,15H2/t18-/m1/s1. The minimum atomic E-state index is -0.397. The van der Waals surface area contributed by atoms with E-state index >= 15 is 0 Å². The summed E-state index contributed by atoms with van der Waals surface area (Å²) in [6.45, 7) is 3.32. The SMILES string of the molecule is O=C(c1ccc(N2CCCC2)nc1)N1CCOC[C@@H]1c1noc(-c2ccccc2)n1. The zero-order valence-electron chi connectivity index (χ0n) is 16.6. The number of aromatic nitrogens is 3. The average Bonchev–Trinajstić information content (AvgIpc) is 3.52. The van der Waals surface area contributed by atoms with Crippen molar-refractivity contribution < 1.29 is 14.1 Å². The van der Waals surface area contributed by atoms with Gasteiger partial charge in [0.2, 0.25) is 0 Å². The van der Waals surface area contributed by atoms with Crippen molar-refractivity contribution in [3.05, 3.63) is 60.0 Å². The molecule has 30 heavy (non-hydrogen) atoms. The number of rotatable bonds is 4. The van der Waals surface area contributed by atoms with E-state index in [1.807, 2.05) is 42.5 Å². The highest BCUT2D eigenvalue weighted by Gasteiger charge is 2.33. The number of morpholine rings is 1. The van der Waals surface area contributed by atoms with E-state index in [9.17, 15) is 4.79 Å². The van der Waals surface area contributed by atoms with E-state index in [0.29, 0.717) is 37.0 Å². The van der Waals surface area contributed by atoms with E-state index < -0.39 is 6.04 Å². The van der Waals surface area contributed by atoms with Crippen molar-refractivity contribution in [3.8, 4) is 11.5 Å². The van der Waals surface area contributed by atoms with Gasteiger partial charge in [-0.1, -0.05) is 23.4 Å². The van der Waals surface area contributed by atoms with E-state index in [-0.39, 0.29) is 5.91 Å². The summed E-state index contributed by atoms with van der Waals surface area (Å²) in [6, 6.07) is 13.0. The molecule has 3 aromatic rings. The maximum Gasteiger partial charge on any atom is 0.257 e. The molecule has 0 bridgehead atoms. The van der Waals surface area contributed by atoms with Crippen molar-refractivity contribution in [2.24, 2.45) is 0 Å². The Morgan fingerprint density at radius 1 is 1.03 bits per heavy atom. The van der Waals surface area contributed by atoms with Crippen LogP contribution in [-0.2, 0) is 4.74 Å². The van der Waals surface area contributed by atoms with Gasteiger partial charge in [0, 0.05) is 31.4 Å². The summed E-state index contributed by atoms with van der Waals surface area (Å²) in [6.07, 6.45) is 4.04. The van der Waals surface area contributed by atoms with Crippen LogP contribution in [0.3, 0.4) is 0 Å². The summed E-state index contributed by atoms with van der Waals surface area (Å²) < 4.78 is 11.1. The second kappa shape index (κ2) is 8.23. The molecule has 0 radical (unpaired) electrons. The van der Waals surface area contributed by atoms with Gasteiger partial charge in [-0.15, -0.1) is 0 Å². The molecule has 0 N–H and O–H groups in total. The molecule has 4 heterocycles. The molecule has 2 fully saturated rings. The molecule has 2 aromatic heterocycles. The Bertz CT molecular complexity index is 999. The van der Waals surface area contributed by atoms with Gasteiger partial charge < -0.3 is 19.1 Å². The van der Waals surface area contributed by atoms with Crippen LogP contribution in [0, 0.1) is 0 Å². The monoisotopic (exact) mass is 405 g/mol. The van der Waals surface area contributed by atoms with E-state index in [2.05, 4.69) is 20.0 Å². The topological polar surface area (TPSA) is 84.6 Å². The molecule has 1 amide bonds. The zero-order chi connectivity index (χ0) is 20.3. The van der Waals surface area contributed by atoms with E-state index in [1.165, 1.54) is 12.8 Å². The van der Waals surface area contributed by atoms with E-state index in [0.717, 1.165) is 24.5 Å². The van der Waals surface area contributed by atoms with Crippen molar-refractivity contribution >= 4 is 11.7 Å². The molecule has 0 unspecified atom stereocenters. The number of anilines is 1. The van der Waals surface area contributed by atoms with Gasteiger partial charge in [-0.25, -0.2) is 4.98 Å². The molecule has 5 rings (SSSR count). The molecule has 8 heteroatoms. The molecule has 2 saturated heterocycles. The zero-order valence-corrected chi connectivity index (χ0v) is 16.6. The van der Waals surface area contributed by atoms with Crippen LogP contribution in [0.5, 0.6) is 0 Å². The van der Waals surface area contributed by atoms with Gasteiger partial charge in [-0.3, -0.25) is 4.79 Å². The summed E-state index contributed by atoms with van der Waals surface area (Å²) in [5, 5.41) is 4.13. The molecular formula is C22H23N5O3. The lowest BCUT2D eigenvalue weighted by Gasteiger charge is -2.33. The fourth-order valence-electron chi connectivity index (χ4n) is 3.94. The number of carbonyl (C=O) groups excluding carboxylic acids is 1. The number of benzene rings is 1. The van der Waals surface area contributed by atoms with Crippen molar-refractivity contribution in [2.75, 3.05) is 37.7 Å². The smallest absolute Gasteiger partial charge is 0.257 e. The largest absolute Gasteiger partial charge is 0.377 e. The fourth-order valence-corrected chi connectivity index (χ4v) is 3.94. The van der Waals surface area contributed by atoms with Crippen LogP contribution in [0.15, 0.2) is 53.2 Å². The summed E-state index contributed by atoms with van der Waals surface area (Å²) in [7, 11) is 0. The minimum Gasteiger partial charge on any atom is -0.377 e. The number of carbonyl (C=O) groups is 1. The lowest BCUT2D eigenvalue weighted by atomic mass is 10.1. The molecule has 1 aromatic carbocycles. The van der Waals surface area contributed by atoms with Crippen LogP contribution in [0.2, 0.25) is 0 Å². The summed E-state index contributed by atoms with van der Waals surface area (Å²) in [5.41, 5.74) is 1.39. The number of amides is 1. The first-order valence-corrected chi connectivity index (χ1v) is 10.3. The maximum atomic E-state index is 13.2. The number of ether oxygens (including phenoxy) is 1. The van der Waals surface area contributed by atoms with Crippen molar-refractivity contribution in [1.29, 1.82) is 0 Å². The van der Waals surface area contributed by atoms with Gasteiger partial charge in [0.05, 0.1) is 18.8 Å². The van der Waals surface area contributed by atoms with Gasteiger partial charge in [-0.05, 0) is 37.1 Å². The number of hydrogen-bond donors (Lipinski definition) is 0. The van der Waals surface area contributed by atoms with Crippen LogP contribution >= 0.6 is 0 Å². The first-order valence-electron chi connectivity index (χ1n) is 10.3. The van der Waals surface area contributed by atoms with Crippen LogP contribution in [0.4, 0.5) is 5.82 Å². The number of hydrogen-bond acceptors (Lipinski definition) is 7. The number of pyridine rings is 1. The van der Waals surface area contributed by atoms with Gasteiger partial charge in [-0.2, -0.15) is 4.98 Å². The third-order valence-electron chi connectivity index (χ3n) is 5.57. The average molecular weight is 405 g/mol. The normalized spacial score (nSPS) is 19.3. The van der Waals surface area contributed by atoms with Crippen LogP contribution in [-0.4, -0.2) is 58.8 Å². The number of nitrogens with zero attached hydrogens (tertiary/aromatic N) is 5. The summed E-state index contributed by atoms with van der Waals surface area (Å²) in [4.78, 5) is 26.3. The molecule has 1 atom stereocenters. The Hall–Kier alpha value is -3.26. The Morgan fingerprint density at radius 2 is 1.87 bits per heavy atom. The minimum absolute atomic E-state index is 0.102. The summed E-state index contributed by atoms with van der Waals surface area (Å²) >= 11 is 0. The Labute approximate surface area is 174 Å². The lowest BCUT2D eigenvalue weighted by molar-refractivity contribution is -0.00578. The van der Waals surface area contributed by atoms with Crippen molar-refractivity contribution in [2.45, 2.75) is 18.9 Å². The van der Waals surface area contributed by atoms with Crippen LogP contribution < -0.4 is 4.90 Å². The molecule has 154 valence electrons. The molecular weight excluding hydrogens is 382 g/mol. The molecule has 2 aliphatic rings. The van der Waals surface area contributed by atoms with Gasteiger partial charge in [0.15, 0.2) is 5.82 Å². The van der Waals surface area contributed by atoms with E-state index in [1.54, 1.807) is 11.1 Å². The van der Waals surface area contributed by atoms with Crippen LogP contribution in [0.1, 0.15) is 35.1 Å². The molecule has 0 aliphatic carbocycles. The molecule has 0 spiro atoms. The first-order chi connectivity index (χ1) is 14.8. The Kier molecular flexibility index (Phi) is 5.15. The second-order valence-electron chi connectivity index (χ2n) is 7.51. The van der Waals surface area contributed by atoms with Gasteiger partial charge >= 0.3 is 0 Å². The molecule has 0 saturated carbocycles. The maximum absolute atomic E-state index is 13.2. The van der Waals surface area contributed by atoms with Gasteiger partial charge in [0.25, 0.3) is 11.8 Å². The Balaban J connectivity index is 1.36. The van der Waals surface area contributed by atoms with Crippen molar-refractivity contribution in [3.63, 3.8) is 0 Å². The predicted molar refractivity (Wildman–Crippen MR) is 110 cm³/mol. The van der Waals surface area contributed by atoms with E-state index in [4.69, 9.17) is 9.26 Å². The van der Waals surface area contributed by atoms with Crippen LogP contribution in [0.25, 0.3) is 11.5 Å². The predicted octanol–water partition coefficient (Wildman–Crippen LogP) is 2.95. The quantitative estimate of drug-likeness (QED) is 0.660. The first kappa shape index (κ1) is 18.7. The third-order valence-corrected chi connectivity index (χ3v) is 5.57.